The topological polar surface area (TPSA) is 46.1 Å². The van der Waals surface area contributed by atoms with E-state index < -0.39 is 6.61 Å². The van der Waals surface area contributed by atoms with Gasteiger partial charge in [0.25, 0.3) is 0 Å². The van der Waals surface area contributed by atoms with Gasteiger partial charge in [-0.15, -0.1) is 24.0 Å². The second kappa shape index (κ2) is 11.4. The van der Waals surface area contributed by atoms with E-state index in [0.29, 0.717) is 12.5 Å². The van der Waals surface area contributed by atoms with Crippen LogP contribution < -0.4 is 14.8 Å². The van der Waals surface area contributed by atoms with Gasteiger partial charge in [0.1, 0.15) is 0 Å². The lowest BCUT2D eigenvalue weighted by Crippen LogP contribution is -2.46. The molecule has 1 aromatic rings. The van der Waals surface area contributed by atoms with Gasteiger partial charge in [0.2, 0.25) is 0 Å². The van der Waals surface area contributed by atoms with Crippen LogP contribution in [0.1, 0.15) is 32.3 Å². The summed E-state index contributed by atoms with van der Waals surface area (Å²) in [6.07, 6.45) is 2.39. The highest BCUT2D eigenvalue weighted by Crippen LogP contribution is 2.29. The molecule has 1 aliphatic rings. The van der Waals surface area contributed by atoms with Gasteiger partial charge in [-0.05, 0) is 43.4 Å². The lowest BCUT2D eigenvalue weighted by Gasteiger charge is -2.33. The van der Waals surface area contributed by atoms with Crippen LogP contribution in [-0.4, -0.2) is 44.2 Å². The molecule has 8 heteroatoms. The zero-order chi connectivity index (χ0) is 18.2. The summed E-state index contributed by atoms with van der Waals surface area (Å²) < 4.78 is 34.7. The Hall–Kier alpha value is -1.32. The minimum absolute atomic E-state index is 0. The largest absolute Gasteiger partial charge is 0.493 e. The van der Waals surface area contributed by atoms with Crippen LogP contribution in [0.4, 0.5) is 8.78 Å². The number of likely N-dealkylation sites (tertiary alicyclic amines) is 1. The number of piperidine rings is 1. The van der Waals surface area contributed by atoms with E-state index >= 15 is 0 Å². The van der Waals surface area contributed by atoms with Gasteiger partial charge < -0.3 is 19.7 Å². The van der Waals surface area contributed by atoms with E-state index in [1.807, 2.05) is 13.0 Å². The molecule has 1 saturated heterocycles. The lowest BCUT2D eigenvalue weighted by molar-refractivity contribution is -0.0512. The molecule has 1 unspecified atom stereocenters. The summed E-state index contributed by atoms with van der Waals surface area (Å²) in [7, 11) is 1.42. The van der Waals surface area contributed by atoms with Gasteiger partial charge in [0, 0.05) is 19.6 Å². The summed E-state index contributed by atoms with van der Waals surface area (Å²) in [6.45, 7) is 4.52. The maximum Gasteiger partial charge on any atom is 0.387 e. The quantitative estimate of drug-likeness (QED) is 0.376. The average molecular weight is 483 g/mol. The first-order valence-corrected chi connectivity index (χ1v) is 8.68. The van der Waals surface area contributed by atoms with E-state index in [4.69, 9.17) is 4.74 Å². The second-order valence-electron chi connectivity index (χ2n) is 6.23. The minimum Gasteiger partial charge on any atom is -0.493 e. The van der Waals surface area contributed by atoms with Crippen LogP contribution in [0.15, 0.2) is 23.2 Å². The minimum atomic E-state index is -2.89. The number of rotatable bonds is 6. The van der Waals surface area contributed by atoms with Crippen molar-refractivity contribution in [2.75, 3.05) is 26.7 Å². The predicted molar refractivity (Wildman–Crippen MR) is 110 cm³/mol. The Kier molecular flexibility index (Phi) is 9.97. The molecule has 1 fully saturated rings. The fraction of sp³-hybridized carbons (Fsp3) is 0.611. The molecule has 1 N–H and O–H groups in total. The molecule has 1 aromatic carbocycles. The van der Waals surface area contributed by atoms with E-state index in [-0.39, 0.29) is 35.5 Å². The maximum absolute atomic E-state index is 12.5. The molecule has 5 nitrogen and oxygen atoms in total. The average Bonchev–Trinajstić information content (AvgIpc) is 2.58. The smallest absolute Gasteiger partial charge is 0.387 e. The van der Waals surface area contributed by atoms with Crippen LogP contribution >= 0.6 is 24.0 Å². The van der Waals surface area contributed by atoms with Gasteiger partial charge in [0.05, 0.1) is 13.7 Å². The van der Waals surface area contributed by atoms with E-state index in [1.54, 1.807) is 12.1 Å². The summed E-state index contributed by atoms with van der Waals surface area (Å²) in [5.74, 6) is 1.82. The van der Waals surface area contributed by atoms with Crippen LogP contribution in [0.5, 0.6) is 11.5 Å². The third-order valence-corrected chi connectivity index (χ3v) is 4.15. The SMILES string of the molecule is CCNC(=NCc1ccc(OC)c(OC(F)F)c1)N1CCCC(C)C1.I. The third kappa shape index (κ3) is 6.77. The van der Waals surface area contributed by atoms with Crippen molar-refractivity contribution in [3.8, 4) is 11.5 Å². The number of halogens is 3. The molecule has 0 aromatic heterocycles. The first kappa shape index (κ1) is 22.7. The Morgan fingerprint density at radius 2 is 2.15 bits per heavy atom. The Morgan fingerprint density at radius 3 is 2.77 bits per heavy atom. The number of alkyl halides is 2. The molecule has 0 spiro atoms. The summed E-state index contributed by atoms with van der Waals surface area (Å²) in [5, 5.41) is 3.31. The van der Waals surface area contributed by atoms with Crippen LogP contribution in [0.3, 0.4) is 0 Å². The number of ether oxygens (including phenoxy) is 2. The molecule has 0 aliphatic carbocycles. The van der Waals surface area contributed by atoms with E-state index in [9.17, 15) is 8.78 Å². The summed E-state index contributed by atoms with van der Waals surface area (Å²) >= 11 is 0. The second-order valence-corrected chi connectivity index (χ2v) is 6.23. The van der Waals surface area contributed by atoms with E-state index in [2.05, 4.69) is 26.9 Å². The molecule has 1 aliphatic heterocycles. The first-order valence-electron chi connectivity index (χ1n) is 8.68. The Labute approximate surface area is 171 Å². The molecule has 0 radical (unpaired) electrons. The highest BCUT2D eigenvalue weighted by Gasteiger charge is 2.19. The number of guanidine groups is 1. The number of methoxy groups -OCH3 is 1. The number of aliphatic imine (C=N–C) groups is 1. The number of nitrogens with one attached hydrogen (secondary N) is 1. The zero-order valence-electron chi connectivity index (χ0n) is 15.5. The molecule has 0 saturated carbocycles. The van der Waals surface area contributed by atoms with Gasteiger partial charge in [-0.25, -0.2) is 4.99 Å². The van der Waals surface area contributed by atoms with E-state index in [1.165, 1.54) is 13.5 Å². The number of hydrogen-bond acceptors (Lipinski definition) is 3. The molecule has 1 atom stereocenters. The highest BCUT2D eigenvalue weighted by atomic mass is 127. The van der Waals surface area contributed by atoms with Gasteiger partial charge >= 0.3 is 6.61 Å². The van der Waals surface area contributed by atoms with Crippen molar-refractivity contribution in [2.24, 2.45) is 10.9 Å². The molecule has 2 rings (SSSR count). The van der Waals surface area contributed by atoms with Crippen molar-refractivity contribution in [1.82, 2.24) is 10.2 Å². The third-order valence-electron chi connectivity index (χ3n) is 4.15. The lowest BCUT2D eigenvalue weighted by atomic mass is 10.0. The van der Waals surface area contributed by atoms with Gasteiger partial charge in [-0.3, -0.25) is 0 Å². The Bertz CT molecular complexity index is 588. The number of nitrogens with zero attached hydrogens (tertiary/aromatic N) is 2. The molecule has 0 bridgehead atoms. The van der Waals surface area contributed by atoms with Crippen LogP contribution in [0.2, 0.25) is 0 Å². The highest BCUT2D eigenvalue weighted by molar-refractivity contribution is 14.0. The normalized spacial score (nSPS) is 17.7. The van der Waals surface area contributed by atoms with Crippen LogP contribution in [0.25, 0.3) is 0 Å². The zero-order valence-corrected chi connectivity index (χ0v) is 17.8. The van der Waals surface area contributed by atoms with Gasteiger partial charge in [-0.2, -0.15) is 8.78 Å². The van der Waals surface area contributed by atoms with Crippen LogP contribution in [0, 0.1) is 5.92 Å². The molecule has 1 heterocycles. The Morgan fingerprint density at radius 1 is 1.38 bits per heavy atom. The van der Waals surface area contributed by atoms with Gasteiger partial charge in [-0.1, -0.05) is 13.0 Å². The number of benzene rings is 1. The Balaban J connectivity index is 0.00000338. The molecule has 26 heavy (non-hydrogen) atoms. The van der Waals surface area contributed by atoms with Crippen molar-refractivity contribution >= 4 is 29.9 Å². The molecule has 148 valence electrons. The van der Waals surface area contributed by atoms with Crippen LogP contribution in [-0.2, 0) is 6.54 Å². The van der Waals surface area contributed by atoms with Crippen molar-refractivity contribution in [3.05, 3.63) is 23.8 Å². The van der Waals surface area contributed by atoms with Crippen molar-refractivity contribution in [3.63, 3.8) is 0 Å². The molecular weight excluding hydrogens is 455 g/mol. The fourth-order valence-corrected chi connectivity index (χ4v) is 2.98. The predicted octanol–water partition coefficient (Wildman–Crippen LogP) is 4.11. The number of hydrogen-bond donors (Lipinski definition) is 1. The maximum atomic E-state index is 12.5. The molecular formula is C18H28F2IN3O2. The van der Waals surface area contributed by atoms with Crippen molar-refractivity contribution in [1.29, 1.82) is 0 Å². The summed E-state index contributed by atoms with van der Waals surface area (Å²) in [5.41, 5.74) is 0.789. The summed E-state index contributed by atoms with van der Waals surface area (Å²) in [6, 6.07) is 4.98. The van der Waals surface area contributed by atoms with Crippen molar-refractivity contribution in [2.45, 2.75) is 39.8 Å². The first-order chi connectivity index (χ1) is 12.0. The molecule has 0 amide bonds. The summed E-state index contributed by atoms with van der Waals surface area (Å²) in [4.78, 5) is 6.93. The monoisotopic (exact) mass is 483 g/mol. The fourth-order valence-electron chi connectivity index (χ4n) is 2.98. The van der Waals surface area contributed by atoms with Gasteiger partial charge in [0.15, 0.2) is 17.5 Å². The van der Waals surface area contributed by atoms with E-state index in [0.717, 1.165) is 37.6 Å². The standard InChI is InChI=1S/C18H27F2N3O2.HI/c1-4-21-18(23-9-5-6-13(2)12-23)22-11-14-7-8-15(24-3)16(10-14)25-17(19)20;/h7-8,10,13,17H,4-6,9,11-12H2,1-3H3,(H,21,22);1H. The van der Waals surface area contributed by atoms with Crippen molar-refractivity contribution < 1.29 is 18.3 Å².